The van der Waals surface area contributed by atoms with E-state index in [2.05, 4.69) is 0 Å². The van der Waals surface area contributed by atoms with Crippen molar-refractivity contribution in [2.24, 2.45) is 5.73 Å². The summed E-state index contributed by atoms with van der Waals surface area (Å²) < 4.78 is 25.4. The molecule has 0 unspecified atom stereocenters. The Kier molecular flexibility index (Phi) is 2.76. The van der Waals surface area contributed by atoms with E-state index in [4.69, 9.17) is 5.73 Å². The van der Waals surface area contributed by atoms with Crippen LogP contribution in [0.3, 0.4) is 0 Å². The second kappa shape index (κ2) is 3.53. The van der Waals surface area contributed by atoms with Gasteiger partial charge in [0.15, 0.2) is 11.6 Å². The zero-order chi connectivity index (χ0) is 10.9. The molecule has 0 radical (unpaired) electrons. The average molecular weight is 201 g/mol. The molecule has 0 saturated carbocycles. The minimum Gasteiger partial charge on any atom is -0.508 e. The minimum absolute atomic E-state index is 0.262. The fourth-order valence-electron chi connectivity index (χ4n) is 1.21. The van der Waals surface area contributed by atoms with Crippen molar-refractivity contribution in [1.82, 2.24) is 0 Å². The van der Waals surface area contributed by atoms with E-state index in [0.717, 1.165) is 12.1 Å². The topological polar surface area (TPSA) is 46.2 Å². The highest BCUT2D eigenvalue weighted by Crippen LogP contribution is 2.23. The Morgan fingerprint density at radius 3 is 2.29 bits per heavy atom. The molecule has 0 aromatic heterocycles. The Labute approximate surface area is 81.4 Å². The predicted molar refractivity (Wildman–Crippen MR) is 50.0 cm³/mol. The van der Waals surface area contributed by atoms with Gasteiger partial charge in [-0.15, -0.1) is 0 Å². The van der Waals surface area contributed by atoms with Crippen LogP contribution in [0.15, 0.2) is 12.1 Å². The molecule has 0 bridgehead atoms. The van der Waals surface area contributed by atoms with Gasteiger partial charge >= 0.3 is 0 Å². The van der Waals surface area contributed by atoms with Crippen LogP contribution in [0.2, 0.25) is 0 Å². The molecule has 0 aliphatic rings. The molecule has 1 rings (SSSR count). The number of phenolic OH excluding ortho intramolecular Hbond substituents is 1. The molecule has 3 N–H and O–H groups in total. The first-order chi connectivity index (χ1) is 6.29. The average Bonchev–Trinajstić information content (AvgIpc) is 1.97. The summed E-state index contributed by atoms with van der Waals surface area (Å²) in [6, 6.07) is 1.73. The van der Waals surface area contributed by atoms with Gasteiger partial charge in [-0.2, -0.15) is 0 Å². The lowest BCUT2D eigenvalue weighted by molar-refractivity contribution is 0.433. The van der Waals surface area contributed by atoms with Crippen molar-refractivity contribution in [3.63, 3.8) is 0 Å². The van der Waals surface area contributed by atoms with E-state index >= 15 is 0 Å². The van der Waals surface area contributed by atoms with Gasteiger partial charge in [-0.3, -0.25) is 0 Å². The molecule has 0 amide bonds. The summed E-state index contributed by atoms with van der Waals surface area (Å²) in [5, 5.41) is 9.32. The first-order valence-corrected chi connectivity index (χ1v) is 4.25. The van der Waals surface area contributed by atoms with Crippen molar-refractivity contribution in [3.05, 3.63) is 29.3 Å². The first kappa shape index (κ1) is 10.9. The highest BCUT2D eigenvalue weighted by molar-refractivity contribution is 5.34. The van der Waals surface area contributed by atoms with Gasteiger partial charge in [0.2, 0.25) is 0 Å². The van der Waals surface area contributed by atoms with Crippen LogP contribution in [0.4, 0.5) is 8.78 Å². The second-order valence-corrected chi connectivity index (χ2v) is 4.06. The smallest absolute Gasteiger partial charge is 0.162 e. The molecule has 0 fully saturated rings. The standard InChI is InChI=1S/C10H13F2NO/c1-10(2,13)5-6-3-7(11)8(12)4-9(6)14/h3-4,14H,5,13H2,1-2H3. The number of aromatic hydroxyl groups is 1. The molecule has 78 valence electrons. The molecule has 0 heterocycles. The number of halogens is 2. The summed E-state index contributed by atoms with van der Waals surface area (Å²) in [6.45, 7) is 3.49. The molecule has 4 heteroatoms. The van der Waals surface area contributed by atoms with Crippen molar-refractivity contribution in [3.8, 4) is 5.75 Å². The van der Waals surface area contributed by atoms with E-state index in [1.807, 2.05) is 0 Å². The van der Waals surface area contributed by atoms with Crippen molar-refractivity contribution in [2.75, 3.05) is 0 Å². The Hall–Kier alpha value is -1.16. The third kappa shape index (κ3) is 2.67. The largest absolute Gasteiger partial charge is 0.508 e. The third-order valence-electron chi connectivity index (χ3n) is 1.77. The number of hydrogen-bond donors (Lipinski definition) is 2. The summed E-state index contributed by atoms with van der Waals surface area (Å²) in [5.74, 6) is -2.29. The van der Waals surface area contributed by atoms with Crippen LogP contribution in [0.5, 0.6) is 5.75 Å². The molecule has 1 aromatic carbocycles. The van der Waals surface area contributed by atoms with E-state index in [0.29, 0.717) is 5.56 Å². The summed E-state index contributed by atoms with van der Waals surface area (Å²) >= 11 is 0. The molecule has 2 nitrogen and oxygen atoms in total. The van der Waals surface area contributed by atoms with Gasteiger partial charge in [-0.25, -0.2) is 8.78 Å². The zero-order valence-corrected chi connectivity index (χ0v) is 8.14. The number of phenols is 1. The van der Waals surface area contributed by atoms with E-state index < -0.39 is 17.2 Å². The summed E-state index contributed by atoms with van der Waals surface area (Å²) in [5.41, 5.74) is 5.45. The maximum atomic E-state index is 12.8. The summed E-state index contributed by atoms with van der Waals surface area (Å²) in [7, 11) is 0. The van der Waals surface area contributed by atoms with Gasteiger partial charge in [-0.05, 0) is 31.9 Å². The monoisotopic (exact) mass is 201 g/mol. The fourth-order valence-corrected chi connectivity index (χ4v) is 1.21. The van der Waals surface area contributed by atoms with Gasteiger partial charge in [0.1, 0.15) is 5.75 Å². The molecule has 0 aliphatic carbocycles. The van der Waals surface area contributed by atoms with Gasteiger partial charge < -0.3 is 10.8 Å². The van der Waals surface area contributed by atoms with E-state index in [9.17, 15) is 13.9 Å². The van der Waals surface area contributed by atoms with Crippen molar-refractivity contribution >= 4 is 0 Å². The molecular formula is C10H13F2NO. The third-order valence-corrected chi connectivity index (χ3v) is 1.77. The Morgan fingerprint density at radius 2 is 1.79 bits per heavy atom. The molecule has 0 spiro atoms. The second-order valence-electron chi connectivity index (χ2n) is 4.06. The van der Waals surface area contributed by atoms with Gasteiger partial charge in [-0.1, -0.05) is 0 Å². The zero-order valence-electron chi connectivity index (χ0n) is 8.14. The summed E-state index contributed by atoms with van der Waals surface area (Å²) in [6.07, 6.45) is 0.288. The van der Waals surface area contributed by atoms with Crippen LogP contribution in [-0.4, -0.2) is 10.6 Å². The minimum atomic E-state index is -1.05. The number of hydrogen-bond acceptors (Lipinski definition) is 2. The first-order valence-electron chi connectivity index (χ1n) is 4.25. The maximum Gasteiger partial charge on any atom is 0.162 e. The highest BCUT2D eigenvalue weighted by atomic mass is 19.2. The van der Waals surface area contributed by atoms with Gasteiger partial charge in [0.05, 0.1) is 0 Å². The SMILES string of the molecule is CC(C)(N)Cc1cc(F)c(F)cc1O. The van der Waals surface area contributed by atoms with Crippen LogP contribution in [0, 0.1) is 11.6 Å². The van der Waals surface area contributed by atoms with Crippen LogP contribution in [-0.2, 0) is 6.42 Å². The van der Waals surface area contributed by atoms with Crippen molar-refractivity contribution in [1.29, 1.82) is 0 Å². The van der Waals surface area contributed by atoms with Crippen LogP contribution in [0.1, 0.15) is 19.4 Å². The van der Waals surface area contributed by atoms with E-state index in [-0.39, 0.29) is 12.2 Å². The fraction of sp³-hybridized carbons (Fsp3) is 0.400. The lowest BCUT2D eigenvalue weighted by Crippen LogP contribution is -2.34. The van der Waals surface area contributed by atoms with Gasteiger partial charge in [0, 0.05) is 11.6 Å². The Bertz CT molecular complexity index is 345. The van der Waals surface area contributed by atoms with Crippen molar-refractivity contribution < 1.29 is 13.9 Å². The number of nitrogens with two attached hydrogens (primary N) is 1. The highest BCUT2D eigenvalue weighted by Gasteiger charge is 2.16. The predicted octanol–water partition coefficient (Wildman–Crippen LogP) is 1.95. The van der Waals surface area contributed by atoms with Crippen LogP contribution >= 0.6 is 0 Å². The van der Waals surface area contributed by atoms with Crippen LogP contribution in [0.25, 0.3) is 0 Å². The Morgan fingerprint density at radius 1 is 1.29 bits per heavy atom. The summed E-state index contributed by atoms with van der Waals surface area (Å²) in [4.78, 5) is 0. The number of benzene rings is 1. The molecule has 14 heavy (non-hydrogen) atoms. The molecule has 1 aromatic rings. The molecule has 0 aliphatic heterocycles. The van der Waals surface area contributed by atoms with Gasteiger partial charge in [0.25, 0.3) is 0 Å². The lowest BCUT2D eigenvalue weighted by atomic mass is 9.95. The van der Waals surface area contributed by atoms with Crippen molar-refractivity contribution in [2.45, 2.75) is 25.8 Å². The van der Waals surface area contributed by atoms with E-state index in [1.54, 1.807) is 13.8 Å². The number of rotatable bonds is 2. The molecule has 0 atom stereocenters. The molecular weight excluding hydrogens is 188 g/mol. The van der Waals surface area contributed by atoms with Crippen LogP contribution < -0.4 is 5.73 Å². The normalized spacial score (nSPS) is 11.8. The molecule has 0 saturated heterocycles. The Balaban J connectivity index is 3.04. The van der Waals surface area contributed by atoms with E-state index in [1.165, 1.54) is 0 Å². The lowest BCUT2D eigenvalue weighted by Gasteiger charge is -2.19. The maximum absolute atomic E-state index is 12.8. The quantitative estimate of drug-likeness (QED) is 0.768.